The second-order valence-electron chi connectivity index (χ2n) is 10.4. The van der Waals surface area contributed by atoms with Crippen molar-refractivity contribution in [2.24, 2.45) is 0 Å². The molecule has 12 heteroatoms. The van der Waals surface area contributed by atoms with Gasteiger partial charge >= 0.3 is 0 Å². The highest BCUT2D eigenvalue weighted by molar-refractivity contribution is 7.92. The number of unbranched alkanes of at least 4 members (excludes halogenated alkanes) is 1. The van der Waals surface area contributed by atoms with Gasteiger partial charge in [-0.15, -0.1) is 0 Å². The molecule has 3 aromatic carbocycles. The summed E-state index contributed by atoms with van der Waals surface area (Å²) in [5.74, 6) is -0.169. The zero-order chi connectivity index (χ0) is 33.1. The van der Waals surface area contributed by atoms with Crippen molar-refractivity contribution < 1.29 is 32.2 Å². The molecule has 45 heavy (non-hydrogen) atoms. The average molecular weight is 660 g/mol. The van der Waals surface area contributed by atoms with Crippen LogP contribution in [0.5, 0.6) is 17.2 Å². The first kappa shape index (κ1) is 35.5. The van der Waals surface area contributed by atoms with Crippen molar-refractivity contribution in [2.75, 3.05) is 38.7 Å². The molecule has 0 aromatic heterocycles. The number of hydrogen-bond acceptors (Lipinski definition) is 7. The zero-order valence-electron chi connectivity index (χ0n) is 26.6. The Bertz CT molecular complexity index is 1580. The van der Waals surface area contributed by atoms with Gasteiger partial charge in [-0.2, -0.15) is 0 Å². The minimum Gasteiger partial charge on any atom is -0.495 e. The minimum atomic E-state index is -4.43. The van der Waals surface area contributed by atoms with Gasteiger partial charge in [0.1, 0.15) is 18.3 Å². The van der Waals surface area contributed by atoms with Crippen LogP contribution in [-0.2, 0) is 26.2 Å². The number of carbonyl (C=O) groups is 2. The predicted molar refractivity (Wildman–Crippen MR) is 176 cm³/mol. The Morgan fingerprint density at radius 1 is 0.911 bits per heavy atom. The summed E-state index contributed by atoms with van der Waals surface area (Å²) in [5, 5.41) is 3.17. The fourth-order valence-electron chi connectivity index (χ4n) is 4.87. The van der Waals surface area contributed by atoms with Crippen LogP contribution in [-0.4, -0.2) is 65.6 Å². The van der Waals surface area contributed by atoms with Crippen molar-refractivity contribution in [3.63, 3.8) is 0 Å². The third-order valence-electron chi connectivity index (χ3n) is 7.45. The van der Waals surface area contributed by atoms with Crippen molar-refractivity contribution in [3.05, 3.63) is 76.8 Å². The summed E-state index contributed by atoms with van der Waals surface area (Å²) < 4.78 is 45.9. The fraction of sp³-hybridized carbons (Fsp3) is 0.394. The van der Waals surface area contributed by atoms with E-state index in [4.69, 9.17) is 25.8 Å². The van der Waals surface area contributed by atoms with Crippen LogP contribution in [0, 0.1) is 6.92 Å². The number of methoxy groups -OCH3 is 3. The van der Waals surface area contributed by atoms with Gasteiger partial charge in [0.25, 0.3) is 10.0 Å². The summed E-state index contributed by atoms with van der Waals surface area (Å²) in [5.41, 5.74) is 1.83. The van der Waals surface area contributed by atoms with E-state index in [-0.39, 0.29) is 39.6 Å². The molecule has 0 saturated carbocycles. The van der Waals surface area contributed by atoms with Crippen molar-refractivity contribution >= 4 is 39.1 Å². The molecule has 0 fully saturated rings. The van der Waals surface area contributed by atoms with Crippen LogP contribution in [0.1, 0.15) is 44.2 Å². The number of benzene rings is 3. The van der Waals surface area contributed by atoms with E-state index in [9.17, 15) is 18.0 Å². The molecule has 0 aliphatic rings. The number of nitrogens with one attached hydrogen (secondary N) is 1. The summed E-state index contributed by atoms with van der Waals surface area (Å²) in [6, 6.07) is 15.4. The quantitative estimate of drug-likeness (QED) is 0.199. The summed E-state index contributed by atoms with van der Waals surface area (Å²) in [6.45, 7) is 5.69. The summed E-state index contributed by atoms with van der Waals surface area (Å²) in [4.78, 5) is 29.1. The maximum absolute atomic E-state index is 14.4. The molecular formula is C33H42ClN3O7S. The Labute approximate surface area is 271 Å². The van der Waals surface area contributed by atoms with Crippen LogP contribution >= 0.6 is 11.6 Å². The fourth-order valence-corrected chi connectivity index (χ4v) is 6.47. The van der Waals surface area contributed by atoms with Gasteiger partial charge in [0.05, 0.1) is 31.9 Å². The monoisotopic (exact) mass is 659 g/mol. The van der Waals surface area contributed by atoms with Gasteiger partial charge in [0.2, 0.25) is 11.8 Å². The lowest BCUT2D eigenvalue weighted by Crippen LogP contribution is -2.52. The third kappa shape index (κ3) is 8.61. The molecule has 1 N–H and O–H groups in total. The highest BCUT2D eigenvalue weighted by Gasteiger charge is 2.35. The number of amides is 2. The number of hydrogen-bond donors (Lipinski definition) is 1. The average Bonchev–Trinajstić information content (AvgIpc) is 3.03. The van der Waals surface area contributed by atoms with Crippen LogP contribution in [0.15, 0.2) is 65.6 Å². The molecule has 0 radical (unpaired) electrons. The van der Waals surface area contributed by atoms with Gasteiger partial charge in [-0.1, -0.05) is 56.1 Å². The molecule has 244 valence electrons. The molecule has 0 spiro atoms. The van der Waals surface area contributed by atoms with E-state index in [0.29, 0.717) is 18.7 Å². The lowest BCUT2D eigenvalue weighted by molar-refractivity contribution is -0.140. The maximum atomic E-state index is 14.4. The van der Waals surface area contributed by atoms with Gasteiger partial charge < -0.3 is 24.4 Å². The Kier molecular flexibility index (Phi) is 12.9. The van der Waals surface area contributed by atoms with E-state index in [1.54, 1.807) is 6.07 Å². The minimum absolute atomic E-state index is 0.0597. The second kappa shape index (κ2) is 16.4. The number of ether oxygens (including phenoxy) is 3. The molecule has 3 rings (SSSR count). The van der Waals surface area contributed by atoms with Crippen molar-refractivity contribution in [3.8, 4) is 17.2 Å². The Balaban J connectivity index is 2.16. The van der Waals surface area contributed by atoms with Crippen molar-refractivity contribution in [2.45, 2.75) is 57.5 Å². The van der Waals surface area contributed by atoms with Gasteiger partial charge in [-0.3, -0.25) is 13.9 Å². The molecule has 1 unspecified atom stereocenters. The maximum Gasteiger partial charge on any atom is 0.265 e. The standard InChI is InChI=1S/C33H42ClN3O7S/c1-7-9-18-35-33(39)27(8-2)36(21-24-13-11-10-12-23(24)3)32(38)22-37(28-19-25(34)14-16-29(28)42-4)45(40,41)26-15-17-30(43-5)31(20-26)44-6/h10-17,19-20,27H,7-9,18,21-22H2,1-6H3,(H,35,39). The van der Waals surface area contributed by atoms with Gasteiger partial charge in [-0.05, 0) is 61.2 Å². The molecule has 0 bridgehead atoms. The number of anilines is 1. The van der Waals surface area contributed by atoms with Crippen LogP contribution in [0.25, 0.3) is 0 Å². The summed E-state index contributed by atoms with van der Waals surface area (Å²) in [7, 11) is -0.191. The molecule has 0 aliphatic carbocycles. The number of carbonyl (C=O) groups excluding carboxylic acids is 2. The Hall–Kier alpha value is -3.96. The molecule has 3 aromatic rings. The normalized spacial score (nSPS) is 11.8. The van der Waals surface area contributed by atoms with Crippen LogP contribution in [0.2, 0.25) is 5.02 Å². The van der Waals surface area contributed by atoms with Gasteiger partial charge in [-0.25, -0.2) is 8.42 Å². The first-order chi connectivity index (χ1) is 21.5. The van der Waals surface area contributed by atoms with E-state index < -0.39 is 28.5 Å². The SMILES string of the molecule is CCCCNC(=O)C(CC)N(Cc1ccccc1C)C(=O)CN(c1cc(Cl)ccc1OC)S(=O)(=O)c1ccc(OC)c(OC)c1. The molecule has 1 atom stereocenters. The van der Waals surface area contributed by atoms with Crippen LogP contribution in [0.3, 0.4) is 0 Å². The third-order valence-corrected chi connectivity index (χ3v) is 9.44. The van der Waals surface area contributed by atoms with Crippen LogP contribution < -0.4 is 23.8 Å². The van der Waals surface area contributed by atoms with Gasteiger partial charge in [0, 0.05) is 24.2 Å². The largest absolute Gasteiger partial charge is 0.495 e. The zero-order valence-corrected chi connectivity index (χ0v) is 28.2. The molecular weight excluding hydrogens is 618 g/mol. The number of sulfonamides is 1. The predicted octanol–water partition coefficient (Wildman–Crippen LogP) is 5.59. The Morgan fingerprint density at radius 3 is 2.20 bits per heavy atom. The van der Waals surface area contributed by atoms with E-state index in [1.165, 1.54) is 56.6 Å². The smallest absolute Gasteiger partial charge is 0.265 e. The second-order valence-corrected chi connectivity index (χ2v) is 12.7. The first-order valence-electron chi connectivity index (χ1n) is 14.7. The van der Waals surface area contributed by atoms with Gasteiger partial charge in [0.15, 0.2) is 11.5 Å². The summed E-state index contributed by atoms with van der Waals surface area (Å²) in [6.07, 6.45) is 2.01. The number of halogens is 1. The molecule has 10 nitrogen and oxygen atoms in total. The molecule has 0 saturated heterocycles. The highest BCUT2D eigenvalue weighted by Crippen LogP contribution is 2.37. The molecule has 0 heterocycles. The number of nitrogens with zero attached hydrogens (tertiary/aromatic N) is 2. The number of aryl methyl sites for hydroxylation is 1. The van der Waals surface area contributed by atoms with E-state index in [1.807, 2.05) is 45.0 Å². The number of rotatable bonds is 16. The summed E-state index contributed by atoms with van der Waals surface area (Å²) >= 11 is 6.34. The van der Waals surface area contributed by atoms with Crippen LogP contribution in [0.4, 0.5) is 5.69 Å². The lowest BCUT2D eigenvalue weighted by atomic mass is 10.1. The van der Waals surface area contributed by atoms with E-state index in [2.05, 4.69) is 5.32 Å². The van der Waals surface area contributed by atoms with E-state index >= 15 is 0 Å². The highest BCUT2D eigenvalue weighted by atomic mass is 35.5. The molecule has 0 aliphatic heterocycles. The van der Waals surface area contributed by atoms with Crippen molar-refractivity contribution in [1.29, 1.82) is 0 Å². The van der Waals surface area contributed by atoms with Crippen molar-refractivity contribution in [1.82, 2.24) is 10.2 Å². The van der Waals surface area contributed by atoms with E-state index in [0.717, 1.165) is 28.3 Å². The topological polar surface area (TPSA) is 114 Å². The lowest BCUT2D eigenvalue weighted by Gasteiger charge is -2.34. The molecule has 2 amide bonds. The Morgan fingerprint density at radius 2 is 1.58 bits per heavy atom. The first-order valence-corrected chi connectivity index (χ1v) is 16.5.